The fourth-order valence-electron chi connectivity index (χ4n) is 4.98. The molecule has 1 atom stereocenters. The average molecular weight is 559 g/mol. The van der Waals surface area contributed by atoms with Crippen molar-refractivity contribution in [3.05, 3.63) is 78.1 Å². The van der Waals surface area contributed by atoms with Gasteiger partial charge in [0.15, 0.2) is 0 Å². The molecule has 0 radical (unpaired) electrons. The van der Waals surface area contributed by atoms with Gasteiger partial charge in [0.1, 0.15) is 34.4 Å². The van der Waals surface area contributed by atoms with Crippen molar-refractivity contribution in [1.82, 2.24) is 14.9 Å². The van der Waals surface area contributed by atoms with Gasteiger partial charge in [-0.1, -0.05) is 18.2 Å². The number of carbonyl (C=O) groups is 2. The molecule has 5 rings (SSSR count). The van der Waals surface area contributed by atoms with Gasteiger partial charge in [0, 0.05) is 37.5 Å². The molecule has 0 spiro atoms. The normalized spacial score (nSPS) is 16.9. The van der Waals surface area contributed by atoms with Crippen LogP contribution in [0.5, 0.6) is 17.2 Å². The fourth-order valence-corrected chi connectivity index (χ4v) is 5.91. The van der Waals surface area contributed by atoms with E-state index in [1.54, 1.807) is 6.92 Å². The van der Waals surface area contributed by atoms with Crippen LogP contribution in [0.3, 0.4) is 0 Å². The number of hydrogen-bond acceptors (Lipinski definition) is 7. The largest absolute Gasteiger partial charge is 0.486 e. The topological polar surface area (TPSA) is 85.7 Å². The predicted octanol–water partition coefficient (Wildman–Crippen LogP) is 6.46. The lowest BCUT2D eigenvalue weighted by Gasteiger charge is -2.27. The minimum Gasteiger partial charge on any atom is -0.486 e. The highest BCUT2D eigenvalue weighted by molar-refractivity contribution is 8.16. The van der Waals surface area contributed by atoms with E-state index in [0.717, 1.165) is 57.9 Å². The minimum atomic E-state index is -0.790. The Labute approximate surface area is 238 Å². The van der Waals surface area contributed by atoms with Gasteiger partial charge < -0.3 is 18.9 Å². The summed E-state index contributed by atoms with van der Waals surface area (Å²) in [7, 11) is 1.97. The van der Waals surface area contributed by atoms with Crippen molar-refractivity contribution in [2.24, 2.45) is 7.05 Å². The number of nitrogens with zero attached hydrogens (tertiary/aromatic N) is 3. The van der Waals surface area contributed by atoms with Crippen molar-refractivity contribution in [2.75, 3.05) is 11.4 Å². The van der Waals surface area contributed by atoms with Crippen LogP contribution in [-0.4, -0.2) is 38.0 Å². The molecule has 9 heteroatoms. The maximum atomic E-state index is 12.1. The number of ether oxygens (including phenoxy) is 2. The van der Waals surface area contributed by atoms with Crippen LogP contribution < -0.4 is 19.7 Å². The second-order valence-corrected chi connectivity index (χ2v) is 11.9. The summed E-state index contributed by atoms with van der Waals surface area (Å²) in [4.78, 5) is 30.8. The first kappa shape index (κ1) is 27.6. The number of rotatable bonds is 10. The molecule has 0 unspecified atom stereocenters. The number of carbonyl (C=O) groups excluding carboxylic acids is 2. The number of aryl methyl sites for hydroxylation is 1. The molecule has 1 saturated heterocycles. The lowest BCUT2D eigenvalue weighted by Crippen LogP contribution is -2.35. The first-order valence-electron chi connectivity index (χ1n) is 13.4. The number of thioether (sulfide) groups is 1. The van der Waals surface area contributed by atoms with E-state index < -0.39 is 4.75 Å². The molecule has 1 aliphatic rings. The van der Waals surface area contributed by atoms with Crippen LogP contribution in [0.15, 0.2) is 66.7 Å². The third kappa shape index (κ3) is 5.79. The highest BCUT2D eigenvalue weighted by Crippen LogP contribution is 2.35. The maximum absolute atomic E-state index is 12.1. The first-order valence-corrected chi connectivity index (χ1v) is 14.2. The number of aromatic nitrogens is 2. The number of anilines is 1. The molecule has 0 saturated carbocycles. The van der Waals surface area contributed by atoms with E-state index >= 15 is 0 Å². The summed E-state index contributed by atoms with van der Waals surface area (Å²) in [6.07, 6.45) is 0.462. The van der Waals surface area contributed by atoms with Gasteiger partial charge in [0.25, 0.3) is 5.24 Å². The standard InChI is InChI=1S/C31H34N4O4S/c1-6-35(20(2)3)22-8-7-9-24(16-22)39-25-14-15-26-27(17-25)34(5)28(32-26)19-38-23-12-10-21(11-13-23)18-31(4)29(36)33-30(37)40-31/h7-17,20H,6,18-19H2,1-5H3,(H,33,36,37)/t31-/m0/s1. The maximum Gasteiger partial charge on any atom is 0.286 e. The monoisotopic (exact) mass is 558 g/mol. The molecule has 1 N–H and O–H groups in total. The minimum absolute atomic E-state index is 0.249. The highest BCUT2D eigenvalue weighted by atomic mass is 32.2. The Morgan fingerprint density at radius 2 is 1.75 bits per heavy atom. The number of imidazole rings is 1. The summed E-state index contributed by atoms with van der Waals surface area (Å²) in [6, 6.07) is 22.1. The smallest absolute Gasteiger partial charge is 0.286 e. The summed E-state index contributed by atoms with van der Waals surface area (Å²) < 4.78 is 13.5. The number of imide groups is 1. The van der Waals surface area contributed by atoms with Crippen molar-refractivity contribution in [3.8, 4) is 17.2 Å². The molecule has 208 valence electrons. The Morgan fingerprint density at radius 3 is 2.42 bits per heavy atom. The molecule has 0 bridgehead atoms. The van der Waals surface area contributed by atoms with Gasteiger partial charge >= 0.3 is 0 Å². The van der Waals surface area contributed by atoms with Crippen LogP contribution in [0.4, 0.5) is 10.5 Å². The lowest BCUT2D eigenvalue weighted by molar-refractivity contribution is -0.121. The average Bonchev–Trinajstić information content (AvgIpc) is 3.37. The van der Waals surface area contributed by atoms with Gasteiger partial charge in [-0.15, -0.1) is 0 Å². The number of amides is 2. The fraction of sp³-hybridized carbons (Fsp3) is 0.323. The highest BCUT2D eigenvalue weighted by Gasteiger charge is 2.43. The molecular formula is C31H34N4O4S. The Bertz CT molecular complexity index is 1550. The number of fused-ring (bicyclic) bond motifs is 1. The third-order valence-corrected chi connectivity index (χ3v) is 8.21. The van der Waals surface area contributed by atoms with Crippen LogP contribution >= 0.6 is 11.8 Å². The predicted molar refractivity (Wildman–Crippen MR) is 159 cm³/mol. The summed E-state index contributed by atoms with van der Waals surface area (Å²) in [5.41, 5.74) is 3.91. The van der Waals surface area contributed by atoms with E-state index in [1.165, 1.54) is 0 Å². The van der Waals surface area contributed by atoms with E-state index in [-0.39, 0.29) is 11.1 Å². The summed E-state index contributed by atoms with van der Waals surface area (Å²) >= 11 is 1.04. The van der Waals surface area contributed by atoms with Crippen molar-refractivity contribution in [1.29, 1.82) is 0 Å². The molecule has 1 fully saturated rings. The van der Waals surface area contributed by atoms with Crippen molar-refractivity contribution >= 4 is 39.6 Å². The van der Waals surface area contributed by atoms with Gasteiger partial charge in [-0.2, -0.15) is 0 Å². The SMILES string of the molecule is CCN(c1cccc(Oc2ccc3nc(COc4ccc(C[C@]5(C)SC(=O)NC5=O)cc4)n(C)c3c2)c1)C(C)C. The number of nitrogens with one attached hydrogen (secondary N) is 1. The van der Waals surface area contributed by atoms with Crippen molar-refractivity contribution < 1.29 is 19.1 Å². The van der Waals surface area contributed by atoms with Crippen LogP contribution in [0.2, 0.25) is 0 Å². The van der Waals surface area contributed by atoms with E-state index in [9.17, 15) is 9.59 Å². The number of hydrogen-bond donors (Lipinski definition) is 1. The number of benzene rings is 3. The molecule has 4 aromatic rings. The Morgan fingerprint density at radius 1 is 1.02 bits per heavy atom. The molecule has 40 heavy (non-hydrogen) atoms. The third-order valence-electron chi connectivity index (χ3n) is 7.14. The lowest BCUT2D eigenvalue weighted by atomic mass is 9.99. The Balaban J connectivity index is 1.25. The van der Waals surface area contributed by atoms with Crippen molar-refractivity contribution in [3.63, 3.8) is 0 Å². The summed E-state index contributed by atoms with van der Waals surface area (Å²) in [5.74, 6) is 2.78. The summed E-state index contributed by atoms with van der Waals surface area (Å²) in [5, 5.41) is 2.06. The molecule has 1 aliphatic heterocycles. The van der Waals surface area contributed by atoms with E-state index in [2.05, 4.69) is 43.1 Å². The molecular weight excluding hydrogens is 524 g/mol. The Hall–Kier alpha value is -3.98. The second-order valence-electron chi connectivity index (χ2n) is 10.4. The van der Waals surface area contributed by atoms with Gasteiger partial charge in [-0.05, 0) is 87.8 Å². The van der Waals surface area contributed by atoms with Gasteiger partial charge in [0.2, 0.25) is 5.91 Å². The molecule has 3 aromatic carbocycles. The van der Waals surface area contributed by atoms with E-state index in [0.29, 0.717) is 24.8 Å². The van der Waals surface area contributed by atoms with Crippen molar-refractivity contribution in [2.45, 2.75) is 51.5 Å². The van der Waals surface area contributed by atoms with Crippen LogP contribution in [0, 0.1) is 0 Å². The molecule has 1 aromatic heterocycles. The zero-order valence-electron chi connectivity index (χ0n) is 23.4. The van der Waals surface area contributed by atoms with Crippen LogP contribution in [0.25, 0.3) is 11.0 Å². The molecule has 8 nitrogen and oxygen atoms in total. The van der Waals surface area contributed by atoms with E-state index in [1.807, 2.05) is 66.2 Å². The zero-order valence-corrected chi connectivity index (χ0v) is 24.2. The van der Waals surface area contributed by atoms with Gasteiger partial charge in [0.05, 0.1) is 11.0 Å². The first-order chi connectivity index (χ1) is 19.1. The van der Waals surface area contributed by atoms with Crippen LogP contribution in [0.1, 0.15) is 39.1 Å². The Kier molecular flexibility index (Phi) is 7.76. The molecule has 2 heterocycles. The van der Waals surface area contributed by atoms with Gasteiger partial charge in [-0.3, -0.25) is 14.9 Å². The molecule has 0 aliphatic carbocycles. The quantitative estimate of drug-likeness (QED) is 0.239. The molecule has 2 amide bonds. The summed E-state index contributed by atoms with van der Waals surface area (Å²) in [6.45, 7) is 9.54. The van der Waals surface area contributed by atoms with Gasteiger partial charge in [-0.25, -0.2) is 4.98 Å². The zero-order chi connectivity index (χ0) is 28.4. The van der Waals surface area contributed by atoms with Crippen LogP contribution in [-0.2, 0) is 24.9 Å². The second kappa shape index (κ2) is 11.3. The van der Waals surface area contributed by atoms with E-state index in [4.69, 9.17) is 14.5 Å².